The summed E-state index contributed by atoms with van der Waals surface area (Å²) in [5, 5.41) is 0. The highest BCUT2D eigenvalue weighted by Gasteiger charge is 2.19. The normalized spacial score (nSPS) is 13.1. The van der Waals surface area contributed by atoms with E-state index in [1.165, 1.54) is 238 Å². The molecule has 1 heterocycles. The predicted octanol–water partition coefficient (Wildman–Crippen LogP) is 18.3. The maximum atomic E-state index is 12.6. The SMILES string of the molecule is CCCCCCCCCN(CCCCn1ccnc1C)C(CCCCCCCCC(=O)OCC(CCCC)CCCCCC)CCCCCCCCC(=O)OCC(CCCC)CCCCCC. The van der Waals surface area contributed by atoms with Gasteiger partial charge < -0.3 is 18.9 Å². The second-order valence-electron chi connectivity index (χ2n) is 21.1. The zero-order chi connectivity index (χ0) is 48.7. The molecule has 0 aromatic carbocycles. The van der Waals surface area contributed by atoms with Crippen molar-refractivity contribution in [2.45, 2.75) is 317 Å². The third-order valence-corrected chi connectivity index (χ3v) is 14.7. The van der Waals surface area contributed by atoms with Crippen molar-refractivity contribution in [2.75, 3.05) is 26.3 Å². The second kappa shape index (κ2) is 47.8. The van der Waals surface area contributed by atoms with Gasteiger partial charge in [0.05, 0.1) is 13.2 Å². The van der Waals surface area contributed by atoms with Crippen LogP contribution in [0.2, 0.25) is 0 Å². The molecule has 0 saturated heterocycles. The van der Waals surface area contributed by atoms with Crippen molar-refractivity contribution in [3.05, 3.63) is 18.2 Å². The molecule has 0 N–H and O–H groups in total. The van der Waals surface area contributed by atoms with E-state index in [0.29, 0.717) is 43.9 Å². The van der Waals surface area contributed by atoms with Crippen molar-refractivity contribution in [1.82, 2.24) is 14.5 Å². The minimum absolute atomic E-state index is 0.0219. The van der Waals surface area contributed by atoms with Crippen LogP contribution < -0.4 is 0 Å². The number of hydrogen-bond acceptors (Lipinski definition) is 6. The van der Waals surface area contributed by atoms with E-state index in [0.717, 1.165) is 38.1 Å². The Balaban J connectivity index is 2.63. The fourth-order valence-corrected chi connectivity index (χ4v) is 10.1. The second-order valence-corrected chi connectivity index (χ2v) is 21.1. The predicted molar refractivity (Wildman–Crippen MR) is 289 cm³/mol. The largest absolute Gasteiger partial charge is 0.465 e. The van der Waals surface area contributed by atoms with Crippen molar-refractivity contribution in [3.63, 3.8) is 0 Å². The highest BCUT2D eigenvalue weighted by atomic mass is 16.5. The van der Waals surface area contributed by atoms with Crippen LogP contribution in [0.4, 0.5) is 0 Å². The maximum Gasteiger partial charge on any atom is 0.305 e. The van der Waals surface area contributed by atoms with Gasteiger partial charge in [-0.25, -0.2) is 4.98 Å². The summed E-state index contributed by atoms with van der Waals surface area (Å²) in [6, 6.07) is 0.667. The zero-order valence-electron chi connectivity index (χ0n) is 45.9. The lowest BCUT2D eigenvalue weighted by Gasteiger charge is -2.32. The molecule has 7 heteroatoms. The van der Waals surface area contributed by atoms with Gasteiger partial charge in [0.15, 0.2) is 0 Å². The van der Waals surface area contributed by atoms with Gasteiger partial charge >= 0.3 is 11.9 Å². The third-order valence-electron chi connectivity index (χ3n) is 14.7. The minimum Gasteiger partial charge on any atom is -0.465 e. The number of carbonyl (C=O) groups is 2. The molecule has 1 aromatic rings. The number of rotatable bonds is 52. The van der Waals surface area contributed by atoms with Gasteiger partial charge in [0.2, 0.25) is 0 Å². The molecule has 0 amide bonds. The van der Waals surface area contributed by atoms with Crippen molar-refractivity contribution in [2.24, 2.45) is 11.8 Å². The van der Waals surface area contributed by atoms with Gasteiger partial charge in [-0.05, 0) is 102 Å². The van der Waals surface area contributed by atoms with E-state index in [1.54, 1.807) is 0 Å². The summed E-state index contributed by atoms with van der Waals surface area (Å²) < 4.78 is 13.9. The van der Waals surface area contributed by atoms with E-state index >= 15 is 0 Å². The molecule has 67 heavy (non-hydrogen) atoms. The molecule has 0 aliphatic rings. The summed E-state index contributed by atoms with van der Waals surface area (Å²) in [5.41, 5.74) is 0. The maximum absolute atomic E-state index is 12.6. The molecular formula is C60H115N3O4. The lowest BCUT2D eigenvalue weighted by molar-refractivity contribution is -0.146. The molecule has 0 radical (unpaired) electrons. The van der Waals surface area contributed by atoms with Crippen LogP contribution in [0.5, 0.6) is 0 Å². The van der Waals surface area contributed by atoms with Crippen molar-refractivity contribution < 1.29 is 19.1 Å². The smallest absolute Gasteiger partial charge is 0.305 e. The van der Waals surface area contributed by atoms with Crippen LogP contribution in [0.3, 0.4) is 0 Å². The van der Waals surface area contributed by atoms with Crippen LogP contribution in [0.1, 0.15) is 304 Å². The average molecular weight is 943 g/mol. The number of esters is 2. The molecule has 0 spiro atoms. The number of unbranched alkanes of at least 4 members (excludes halogenated alkanes) is 25. The van der Waals surface area contributed by atoms with Crippen LogP contribution in [0.15, 0.2) is 12.4 Å². The number of carbonyl (C=O) groups excluding carboxylic acids is 2. The van der Waals surface area contributed by atoms with Crippen LogP contribution in [-0.4, -0.2) is 58.7 Å². The van der Waals surface area contributed by atoms with E-state index in [2.05, 4.69) is 62.2 Å². The molecular weight excluding hydrogens is 827 g/mol. The van der Waals surface area contributed by atoms with Crippen molar-refractivity contribution in [1.29, 1.82) is 0 Å². The number of ether oxygens (including phenoxy) is 2. The van der Waals surface area contributed by atoms with E-state index in [4.69, 9.17) is 9.47 Å². The lowest BCUT2D eigenvalue weighted by Crippen LogP contribution is -2.37. The highest BCUT2D eigenvalue weighted by molar-refractivity contribution is 5.69. The molecule has 2 atom stereocenters. The third kappa shape index (κ3) is 38.5. The van der Waals surface area contributed by atoms with Gasteiger partial charge in [0, 0.05) is 37.8 Å². The summed E-state index contributed by atoms with van der Waals surface area (Å²) >= 11 is 0. The fourth-order valence-electron chi connectivity index (χ4n) is 10.1. The Bertz CT molecular complexity index is 1150. The number of imidazole rings is 1. The summed E-state index contributed by atoms with van der Waals surface area (Å²) in [6.07, 6.45) is 54.2. The summed E-state index contributed by atoms with van der Waals surface area (Å²) in [4.78, 5) is 32.7. The molecule has 1 rings (SSSR count). The van der Waals surface area contributed by atoms with Gasteiger partial charge in [-0.2, -0.15) is 0 Å². The van der Waals surface area contributed by atoms with Crippen LogP contribution in [0.25, 0.3) is 0 Å². The Morgan fingerprint density at radius 2 is 0.821 bits per heavy atom. The van der Waals surface area contributed by atoms with Gasteiger partial charge in [-0.3, -0.25) is 9.59 Å². The van der Waals surface area contributed by atoms with E-state index in [-0.39, 0.29) is 11.9 Å². The van der Waals surface area contributed by atoms with Gasteiger partial charge in [-0.1, -0.05) is 214 Å². The number of aromatic nitrogens is 2. The number of nitrogens with zero attached hydrogens (tertiary/aromatic N) is 3. The molecule has 0 aliphatic heterocycles. The first-order chi connectivity index (χ1) is 32.9. The first-order valence-corrected chi connectivity index (χ1v) is 29.9. The van der Waals surface area contributed by atoms with Gasteiger partial charge in [-0.15, -0.1) is 0 Å². The quantitative estimate of drug-likeness (QED) is 0.0479. The number of hydrogen-bond donors (Lipinski definition) is 0. The summed E-state index contributed by atoms with van der Waals surface area (Å²) in [7, 11) is 0. The molecule has 0 fully saturated rings. The van der Waals surface area contributed by atoms with Gasteiger partial charge in [0.25, 0.3) is 0 Å². The van der Waals surface area contributed by atoms with E-state index in [1.807, 2.05) is 6.20 Å². The highest BCUT2D eigenvalue weighted by Crippen LogP contribution is 2.23. The number of aryl methyl sites for hydroxylation is 2. The minimum atomic E-state index is 0.0219. The summed E-state index contributed by atoms with van der Waals surface area (Å²) in [6.45, 7) is 18.2. The van der Waals surface area contributed by atoms with Crippen LogP contribution in [0, 0.1) is 18.8 Å². The van der Waals surface area contributed by atoms with Crippen molar-refractivity contribution >= 4 is 11.9 Å². The van der Waals surface area contributed by atoms with Crippen LogP contribution >= 0.6 is 0 Å². The standard InChI is InChI=1S/C60H115N3O4/c1-7-12-17-20-25-30-37-50-63(51-39-38-49-62-52-48-61-55(62)6)58(44-33-26-21-23-28-35-46-59(64)66-53-56(40-15-10-4)42-31-18-13-8-2)45-34-27-22-24-29-36-47-60(65)67-54-57(41-16-11-5)43-32-19-14-9-3/h48,52,56-58H,7-47,49-51,53-54H2,1-6H3. The Morgan fingerprint density at radius 1 is 0.463 bits per heavy atom. The molecule has 0 bridgehead atoms. The Hall–Kier alpha value is -1.89. The first kappa shape index (κ1) is 63.1. The van der Waals surface area contributed by atoms with Gasteiger partial charge in [0.1, 0.15) is 5.82 Å². The fraction of sp³-hybridized carbons (Fsp3) is 0.917. The molecule has 7 nitrogen and oxygen atoms in total. The summed E-state index contributed by atoms with van der Waals surface area (Å²) in [5.74, 6) is 2.25. The first-order valence-electron chi connectivity index (χ1n) is 29.9. The monoisotopic (exact) mass is 942 g/mol. The van der Waals surface area contributed by atoms with E-state index in [9.17, 15) is 9.59 Å². The molecule has 0 aliphatic carbocycles. The van der Waals surface area contributed by atoms with Crippen LogP contribution in [-0.2, 0) is 25.6 Å². The molecule has 394 valence electrons. The molecule has 2 unspecified atom stereocenters. The molecule has 0 saturated carbocycles. The lowest BCUT2D eigenvalue weighted by atomic mass is 9.96. The topological polar surface area (TPSA) is 73.7 Å². The Morgan fingerprint density at radius 3 is 1.25 bits per heavy atom. The Labute approximate surface area is 417 Å². The Kier molecular flexibility index (Phi) is 45.0. The molecule has 1 aromatic heterocycles. The van der Waals surface area contributed by atoms with E-state index < -0.39 is 0 Å². The van der Waals surface area contributed by atoms with Crippen molar-refractivity contribution in [3.8, 4) is 0 Å². The average Bonchev–Trinajstić information content (AvgIpc) is 3.75. The zero-order valence-corrected chi connectivity index (χ0v) is 45.9.